The van der Waals surface area contributed by atoms with Crippen LogP contribution in [0.15, 0.2) is 35.1 Å². The van der Waals surface area contributed by atoms with Crippen LogP contribution in [-0.4, -0.2) is 44.1 Å². The number of anilines is 3. The summed E-state index contributed by atoms with van der Waals surface area (Å²) >= 11 is 0. The monoisotopic (exact) mass is 327 g/mol. The molecule has 0 bridgehead atoms. The van der Waals surface area contributed by atoms with E-state index in [2.05, 4.69) is 15.6 Å². The van der Waals surface area contributed by atoms with E-state index in [4.69, 9.17) is 4.74 Å². The Morgan fingerprint density at radius 1 is 1.54 bits per heavy atom. The Morgan fingerprint density at radius 2 is 2.42 bits per heavy atom. The lowest BCUT2D eigenvalue weighted by Gasteiger charge is -2.20. The number of hydrogen-bond acceptors (Lipinski definition) is 6. The third-order valence-electron chi connectivity index (χ3n) is 4.18. The van der Waals surface area contributed by atoms with Crippen LogP contribution in [0.3, 0.4) is 0 Å². The van der Waals surface area contributed by atoms with Gasteiger partial charge < -0.3 is 15.4 Å². The average Bonchev–Trinajstić information content (AvgIpc) is 3.18. The molecule has 8 nitrogen and oxygen atoms in total. The van der Waals surface area contributed by atoms with Crippen LogP contribution in [0.4, 0.5) is 21.9 Å². The summed E-state index contributed by atoms with van der Waals surface area (Å²) < 4.78 is 5.30. The van der Waals surface area contributed by atoms with Gasteiger partial charge in [0.2, 0.25) is 17.3 Å². The first-order valence-electron chi connectivity index (χ1n) is 7.74. The van der Waals surface area contributed by atoms with Crippen LogP contribution in [0.1, 0.15) is 6.92 Å². The third kappa shape index (κ3) is 2.50. The molecule has 24 heavy (non-hydrogen) atoms. The zero-order valence-electron chi connectivity index (χ0n) is 13.2. The van der Waals surface area contributed by atoms with Crippen LogP contribution in [0.5, 0.6) is 0 Å². The summed E-state index contributed by atoms with van der Waals surface area (Å²) in [6.07, 6.45) is 2.87. The Hall–Kier alpha value is -2.87. The minimum atomic E-state index is -0.399. The van der Waals surface area contributed by atoms with Crippen LogP contribution in [-0.2, 0) is 9.53 Å². The fraction of sp³-hybridized carbons (Fsp3) is 0.312. The molecule has 4 rings (SSSR count). The lowest BCUT2D eigenvalue weighted by atomic mass is 10.1. The summed E-state index contributed by atoms with van der Waals surface area (Å²) in [7, 11) is 0. The second-order valence-electron chi connectivity index (χ2n) is 5.86. The van der Waals surface area contributed by atoms with Gasteiger partial charge in [0.25, 0.3) is 6.34 Å². The Kier molecular flexibility index (Phi) is 3.46. The van der Waals surface area contributed by atoms with Gasteiger partial charge in [-0.3, -0.25) is 9.69 Å². The van der Waals surface area contributed by atoms with E-state index >= 15 is 0 Å². The van der Waals surface area contributed by atoms with Gasteiger partial charge in [-0.05, 0) is 17.0 Å². The Labute approximate surface area is 138 Å². The van der Waals surface area contributed by atoms with Gasteiger partial charge in [0.15, 0.2) is 0 Å². The molecule has 3 aliphatic heterocycles. The van der Waals surface area contributed by atoms with Gasteiger partial charge in [-0.15, -0.1) is 0 Å². The number of carbonyl (C=O) groups is 2. The van der Waals surface area contributed by atoms with Crippen LogP contribution in [0, 0.1) is 0 Å². The number of ether oxygens (including phenoxy) is 1. The van der Waals surface area contributed by atoms with Crippen LogP contribution in [0.25, 0.3) is 0 Å². The van der Waals surface area contributed by atoms with Crippen molar-refractivity contribution in [2.45, 2.75) is 13.0 Å². The van der Waals surface area contributed by atoms with Crippen molar-refractivity contribution in [3.8, 4) is 0 Å². The van der Waals surface area contributed by atoms with E-state index in [9.17, 15) is 9.59 Å². The molecular formula is C16H17N5O3+. The lowest BCUT2D eigenvalue weighted by molar-refractivity contribution is -0.119. The van der Waals surface area contributed by atoms with E-state index in [-0.39, 0.29) is 12.0 Å². The molecule has 0 aliphatic carbocycles. The Balaban J connectivity index is 1.53. The number of benzene rings is 1. The molecule has 1 aromatic rings. The van der Waals surface area contributed by atoms with Gasteiger partial charge in [0.05, 0.1) is 25.8 Å². The summed E-state index contributed by atoms with van der Waals surface area (Å²) in [5.41, 5.74) is 3.79. The maximum absolute atomic E-state index is 12.1. The van der Waals surface area contributed by atoms with Crippen LogP contribution in [0.2, 0.25) is 0 Å². The average molecular weight is 327 g/mol. The maximum Gasteiger partial charge on any atom is 0.414 e. The highest BCUT2D eigenvalue weighted by atomic mass is 16.6. The first kappa shape index (κ1) is 14.7. The van der Waals surface area contributed by atoms with E-state index in [0.29, 0.717) is 19.6 Å². The summed E-state index contributed by atoms with van der Waals surface area (Å²) in [5.74, 6) is -0.140. The molecule has 0 aromatic heterocycles. The molecule has 123 valence electrons. The van der Waals surface area contributed by atoms with Crippen LogP contribution < -0.4 is 20.4 Å². The predicted molar refractivity (Wildman–Crippen MR) is 89.6 cm³/mol. The zero-order valence-corrected chi connectivity index (χ0v) is 13.2. The SMILES string of the molecule is CC(=O)NC[C@H]1CN(c2ccc3c(c2)NCC2=CN=C[N+]23)C(=O)O1. The highest BCUT2D eigenvalue weighted by Crippen LogP contribution is 2.37. The third-order valence-corrected chi connectivity index (χ3v) is 4.18. The topological polar surface area (TPSA) is 88.9 Å². The van der Waals surface area contributed by atoms with Crippen molar-refractivity contribution in [1.29, 1.82) is 0 Å². The summed E-state index contributed by atoms with van der Waals surface area (Å²) in [6, 6.07) is 5.77. The van der Waals surface area contributed by atoms with Gasteiger partial charge in [-0.1, -0.05) is 0 Å². The first-order valence-corrected chi connectivity index (χ1v) is 7.74. The van der Waals surface area contributed by atoms with Gasteiger partial charge in [0.1, 0.15) is 11.8 Å². The lowest BCUT2D eigenvalue weighted by Crippen LogP contribution is -2.33. The molecule has 1 saturated heterocycles. The number of carbonyl (C=O) groups excluding carboxylic acids is 2. The smallest absolute Gasteiger partial charge is 0.414 e. The van der Waals surface area contributed by atoms with Crippen molar-refractivity contribution in [2.75, 3.05) is 29.9 Å². The van der Waals surface area contributed by atoms with Crippen molar-refractivity contribution in [3.63, 3.8) is 0 Å². The molecular weight excluding hydrogens is 310 g/mol. The minimum absolute atomic E-state index is 0.140. The fourth-order valence-corrected chi connectivity index (χ4v) is 3.00. The van der Waals surface area contributed by atoms with Crippen molar-refractivity contribution in [2.24, 2.45) is 4.99 Å². The molecule has 1 fully saturated rings. The van der Waals surface area contributed by atoms with E-state index in [1.165, 1.54) is 6.92 Å². The molecule has 0 saturated carbocycles. The molecule has 8 heteroatoms. The maximum atomic E-state index is 12.1. The molecule has 3 heterocycles. The van der Waals surface area contributed by atoms with E-state index in [1.807, 2.05) is 29.3 Å². The zero-order chi connectivity index (χ0) is 16.7. The fourth-order valence-electron chi connectivity index (χ4n) is 3.00. The number of cyclic esters (lactones) is 1. The van der Waals surface area contributed by atoms with Gasteiger partial charge in [-0.25, -0.2) is 9.79 Å². The Bertz CT molecular complexity index is 773. The van der Waals surface area contributed by atoms with Gasteiger partial charge in [-0.2, -0.15) is 0 Å². The van der Waals surface area contributed by atoms with Crippen molar-refractivity contribution < 1.29 is 14.3 Å². The molecule has 1 radical (unpaired) electrons. The molecule has 1 atom stereocenters. The molecule has 0 unspecified atom stereocenters. The highest BCUT2D eigenvalue weighted by Gasteiger charge is 2.37. The quantitative estimate of drug-likeness (QED) is 0.817. The van der Waals surface area contributed by atoms with Crippen molar-refractivity contribution in [1.82, 2.24) is 10.2 Å². The molecule has 3 aliphatic rings. The van der Waals surface area contributed by atoms with Gasteiger partial charge >= 0.3 is 6.09 Å². The molecule has 2 amide bonds. The normalized spacial score (nSPS) is 21.7. The number of hydrogen-bond donors (Lipinski definition) is 2. The largest absolute Gasteiger partial charge is 0.442 e. The number of rotatable bonds is 3. The summed E-state index contributed by atoms with van der Waals surface area (Å²) in [4.78, 5) is 30.9. The van der Waals surface area contributed by atoms with E-state index < -0.39 is 6.09 Å². The number of amides is 2. The molecule has 0 spiro atoms. The number of nitrogens with one attached hydrogen (secondary N) is 2. The van der Waals surface area contributed by atoms with Crippen molar-refractivity contribution >= 4 is 35.4 Å². The second kappa shape index (κ2) is 5.64. The summed E-state index contributed by atoms with van der Waals surface area (Å²) in [6.45, 7) is 2.85. The minimum Gasteiger partial charge on any atom is -0.442 e. The number of aliphatic imine (C=N–C) groups is 1. The van der Waals surface area contributed by atoms with Crippen molar-refractivity contribution in [3.05, 3.63) is 30.1 Å². The second-order valence-corrected chi connectivity index (χ2v) is 5.86. The number of nitrogens with zero attached hydrogens (tertiary/aromatic N) is 3. The standard InChI is InChI=1S/C16H17N5O3/c1-10(22)18-7-13-8-20(16(23)24-13)11-2-3-15-14(4-11)19-6-12-5-17-9-21(12)15/h2-5,9,13,19H,6-8H2,1H3,(H,18,22)/q+1/t13-/m0/s1. The first-order chi connectivity index (χ1) is 11.6. The predicted octanol–water partition coefficient (Wildman–Crippen LogP) is 1.23. The summed E-state index contributed by atoms with van der Waals surface area (Å²) in [5, 5.41) is 6.01. The number of fused-ring (bicyclic) bond motifs is 3. The van der Waals surface area contributed by atoms with Crippen LogP contribution >= 0.6 is 0 Å². The van der Waals surface area contributed by atoms with E-state index in [1.54, 1.807) is 11.2 Å². The highest BCUT2D eigenvalue weighted by molar-refractivity contribution is 5.93. The van der Waals surface area contributed by atoms with E-state index in [0.717, 1.165) is 22.8 Å². The van der Waals surface area contributed by atoms with Gasteiger partial charge in [0, 0.05) is 18.7 Å². The molecule has 2 N–H and O–H groups in total. The molecule has 1 aromatic carbocycles. The Morgan fingerprint density at radius 3 is 3.25 bits per heavy atom.